The van der Waals surface area contributed by atoms with E-state index in [1.54, 1.807) is 0 Å². The Morgan fingerprint density at radius 2 is 1.23 bits per heavy atom. The summed E-state index contributed by atoms with van der Waals surface area (Å²) < 4.78 is -3.00. The highest BCUT2D eigenvalue weighted by atomic mass is 35.6. The van der Waals surface area contributed by atoms with Crippen LogP contribution < -0.4 is 0 Å². The maximum Gasteiger partial charge on any atom is 0.191 e. The Bertz CT molecular complexity index is 153. The maximum atomic E-state index is 10.5. The molecule has 0 spiro atoms. The fraction of sp³-hybridized carbons (Fsp3) is 0.833. The molecule has 0 bridgehead atoms. The predicted molar refractivity (Wildman–Crippen MR) is 59.4 cm³/mol. The molecular formula is C6H6Cl6O. The normalized spacial score (nSPS) is 13.5. The van der Waals surface area contributed by atoms with Crippen molar-refractivity contribution in [2.45, 2.75) is 20.4 Å². The third-order valence-electron chi connectivity index (χ3n) is 1.18. The van der Waals surface area contributed by atoms with Crippen molar-refractivity contribution in [1.82, 2.24) is 0 Å². The average molecular weight is 307 g/mol. The van der Waals surface area contributed by atoms with E-state index in [0.717, 1.165) is 0 Å². The second-order valence-electron chi connectivity index (χ2n) is 2.53. The van der Waals surface area contributed by atoms with Crippen molar-refractivity contribution < 1.29 is 4.79 Å². The number of halogens is 6. The highest BCUT2D eigenvalue weighted by Crippen LogP contribution is 2.39. The average Bonchev–Trinajstić information content (AvgIpc) is 1.79. The van der Waals surface area contributed by atoms with E-state index in [1.807, 2.05) is 0 Å². The van der Waals surface area contributed by atoms with Gasteiger partial charge in [0.1, 0.15) is 6.29 Å². The number of alkyl halides is 6. The van der Waals surface area contributed by atoms with Gasteiger partial charge in [0.05, 0.1) is 0 Å². The van der Waals surface area contributed by atoms with Gasteiger partial charge in [0.25, 0.3) is 0 Å². The summed E-state index contributed by atoms with van der Waals surface area (Å²) in [5.41, 5.74) is 0. The van der Waals surface area contributed by atoms with Crippen molar-refractivity contribution in [1.29, 1.82) is 0 Å². The van der Waals surface area contributed by atoms with Crippen LogP contribution in [0, 0.1) is 5.92 Å². The summed E-state index contributed by atoms with van der Waals surface area (Å²) in [5.74, 6) is -0.569. The van der Waals surface area contributed by atoms with Gasteiger partial charge in [-0.25, -0.2) is 0 Å². The maximum absolute atomic E-state index is 10.5. The second-order valence-corrected chi connectivity index (χ2v) is 7.57. The summed E-state index contributed by atoms with van der Waals surface area (Å²) in [6.07, 6.45) is 0.688. The van der Waals surface area contributed by atoms with E-state index in [0.29, 0.717) is 6.29 Å². The van der Waals surface area contributed by atoms with Crippen molar-refractivity contribution >= 4 is 75.9 Å². The van der Waals surface area contributed by atoms with E-state index in [-0.39, 0.29) is 12.8 Å². The molecule has 0 aromatic heterocycles. The van der Waals surface area contributed by atoms with Crippen LogP contribution >= 0.6 is 69.6 Å². The molecule has 0 atom stereocenters. The van der Waals surface area contributed by atoms with Gasteiger partial charge in [0.2, 0.25) is 0 Å². The van der Waals surface area contributed by atoms with Gasteiger partial charge in [-0.05, 0) is 0 Å². The fourth-order valence-corrected chi connectivity index (χ4v) is 1.95. The highest BCUT2D eigenvalue weighted by molar-refractivity contribution is 6.68. The molecule has 7 heteroatoms. The molecule has 1 nitrogen and oxygen atoms in total. The molecule has 0 aromatic rings. The lowest BCUT2D eigenvalue weighted by Gasteiger charge is -2.19. The molecular weight excluding hydrogens is 301 g/mol. The number of carbonyl (C=O) groups excluding carboxylic acids is 1. The zero-order chi connectivity index (χ0) is 10.7. The molecule has 0 fully saturated rings. The standard InChI is InChI=1S/C6H6Cl6O/c7-5(8,9)1-4(3-13)2-6(10,11)12/h3-4H,1-2H2. The molecule has 0 aliphatic rings. The van der Waals surface area contributed by atoms with Crippen LogP contribution in [0.25, 0.3) is 0 Å². The number of hydrogen-bond acceptors (Lipinski definition) is 1. The van der Waals surface area contributed by atoms with Crippen molar-refractivity contribution in [2.75, 3.05) is 0 Å². The quantitative estimate of drug-likeness (QED) is 0.560. The molecule has 0 heterocycles. The van der Waals surface area contributed by atoms with E-state index in [4.69, 9.17) is 69.6 Å². The summed E-state index contributed by atoms with van der Waals surface area (Å²) >= 11 is 32.9. The Balaban J connectivity index is 4.13. The molecule has 0 unspecified atom stereocenters. The molecule has 0 saturated carbocycles. The molecule has 0 N–H and O–H groups in total. The van der Waals surface area contributed by atoms with Gasteiger partial charge < -0.3 is 4.79 Å². The topological polar surface area (TPSA) is 17.1 Å². The van der Waals surface area contributed by atoms with Gasteiger partial charge >= 0.3 is 0 Å². The van der Waals surface area contributed by atoms with Gasteiger partial charge in [-0.15, -0.1) is 0 Å². The van der Waals surface area contributed by atoms with Crippen LogP contribution in [-0.2, 0) is 4.79 Å². The molecule has 13 heavy (non-hydrogen) atoms. The second kappa shape index (κ2) is 5.48. The Kier molecular flexibility index (Phi) is 6.08. The van der Waals surface area contributed by atoms with E-state index in [9.17, 15) is 4.79 Å². The van der Waals surface area contributed by atoms with Crippen LogP contribution in [0.3, 0.4) is 0 Å². The number of carbonyl (C=O) groups is 1. The predicted octanol–water partition coefficient (Wildman–Crippen LogP) is 4.32. The van der Waals surface area contributed by atoms with E-state index < -0.39 is 13.5 Å². The van der Waals surface area contributed by atoms with Crippen molar-refractivity contribution in [3.63, 3.8) is 0 Å². The first kappa shape index (κ1) is 14.4. The van der Waals surface area contributed by atoms with Gasteiger partial charge in [-0.2, -0.15) is 0 Å². The molecule has 0 amide bonds. The number of hydrogen-bond donors (Lipinski definition) is 0. The minimum atomic E-state index is -1.50. The summed E-state index contributed by atoms with van der Waals surface area (Å²) in [7, 11) is 0. The Morgan fingerprint density at radius 3 is 1.38 bits per heavy atom. The molecule has 0 rings (SSSR count). The minimum Gasteiger partial charge on any atom is -0.303 e. The third kappa shape index (κ3) is 9.71. The first-order valence-electron chi connectivity index (χ1n) is 3.23. The van der Waals surface area contributed by atoms with Crippen LogP contribution in [0.2, 0.25) is 0 Å². The molecule has 0 aliphatic heterocycles. The number of aldehydes is 1. The largest absolute Gasteiger partial charge is 0.303 e. The van der Waals surface area contributed by atoms with Gasteiger partial charge in [-0.3, -0.25) is 0 Å². The summed E-state index contributed by atoms with van der Waals surface area (Å²) in [6, 6.07) is 0. The highest BCUT2D eigenvalue weighted by Gasteiger charge is 2.31. The van der Waals surface area contributed by atoms with E-state index >= 15 is 0 Å². The zero-order valence-corrected chi connectivity index (χ0v) is 10.8. The first-order chi connectivity index (χ1) is 5.64. The van der Waals surface area contributed by atoms with Crippen LogP contribution in [0.4, 0.5) is 0 Å². The van der Waals surface area contributed by atoms with Crippen LogP contribution in [-0.4, -0.2) is 13.9 Å². The third-order valence-corrected chi connectivity index (χ3v) is 2.11. The monoisotopic (exact) mass is 304 g/mol. The van der Waals surface area contributed by atoms with Gasteiger partial charge in [0, 0.05) is 18.8 Å². The molecule has 0 saturated heterocycles. The lowest BCUT2D eigenvalue weighted by molar-refractivity contribution is -0.111. The lowest BCUT2D eigenvalue weighted by atomic mass is 10.1. The summed E-state index contributed by atoms with van der Waals surface area (Å²) in [5, 5.41) is 0. The minimum absolute atomic E-state index is 0.0368. The Hall–Kier alpha value is 1.41. The van der Waals surface area contributed by atoms with Crippen LogP contribution in [0.15, 0.2) is 0 Å². The molecule has 0 aromatic carbocycles. The zero-order valence-electron chi connectivity index (χ0n) is 6.24. The fourth-order valence-electron chi connectivity index (χ4n) is 0.763. The molecule has 0 radical (unpaired) electrons. The lowest BCUT2D eigenvalue weighted by Crippen LogP contribution is -2.18. The van der Waals surface area contributed by atoms with E-state index in [1.165, 1.54) is 0 Å². The summed E-state index contributed by atoms with van der Waals surface area (Å²) in [4.78, 5) is 10.5. The van der Waals surface area contributed by atoms with Gasteiger partial charge in [-0.1, -0.05) is 69.6 Å². The Labute approximate surface area is 107 Å². The van der Waals surface area contributed by atoms with Crippen LogP contribution in [0.5, 0.6) is 0 Å². The van der Waals surface area contributed by atoms with Gasteiger partial charge in [0.15, 0.2) is 7.59 Å². The summed E-state index contributed by atoms with van der Waals surface area (Å²) in [6.45, 7) is 0. The Morgan fingerprint density at radius 1 is 0.923 bits per heavy atom. The van der Waals surface area contributed by atoms with Crippen molar-refractivity contribution in [3.05, 3.63) is 0 Å². The van der Waals surface area contributed by atoms with E-state index in [2.05, 4.69) is 0 Å². The SMILES string of the molecule is O=CC(CC(Cl)(Cl)Cl)CC(Cl)(Cl)Cl. The smallest absolute Gasteiger partial charge is 0.191 e. The van der Waals surface area contributed by atoms with Crippen LogP contribution in [0.1, 0.15) is 12.8 Å². The van der Waals surface area contributed by atoms with Crippen molar-refractivity contribution in [3.8, 4) is 0 Å². The van der Waals surface area contributed by atoms with Crippen molar-refractivity contribution in [2.24, 2.45) is 5.92 Å². The molecule has 0 aliphatic carbocycles. The number of rotatable bonds is 3. The first-order valence-corrected chi connectivity index (χ1v) is 5.49. The molecule has 78 valence electrons.